The fraction of sp³-hybridized carbons (Fsp3) is 0.417. The highest BCUT2D eigenvalue weighted by Gasteiger charge is 2.19. The number of nitrogens with one attached hydrogen (secondary N) is 1. The smallest absolute Gasteiger partial charge is 0.0681 e. The Kier molecular flexibility index (Phi) is 1.99. The molecular weight excluding hydrogens is 186 g/mol. The molecule has 3 heteroatoms. The maximum atomic E-state index is 4.32. The van der Waals surface area contributed by atoms with Crippen molar-refractivity contribution < 1.29 is 0 Å². The third-order valence-corrected chi connectivity index (χ3v) is 3.33. The third-order valence-electron chi connectivity index (χ3n) is 3.33. The molecule has 1 aromatic heterocycles. The summed E-state index contributed by atoms with van der Waals surface area (Å²) < 4.78 is 1.95. The van der Waals surface area contributed by atoms with Crippen LogP contribution in [-0.2, 0) is 7.05 Å². The molecule has 3 rings (SSSR count). The Morgan fingerprint density at radius 3 is 3.20 bits per heavy atom. The second-order valence-electron chi connectivity index (χ2n) is 4.24. The summed E-state index contributed by atoms with van der Waals surface area (Å²) in [6, 6.07) is 6.51. The van der Waals surface area contributed by atoms with Crippen molar-refractivity contribution in [3.05, 3.63) is 30.0 Å². The molecule has 3 nitrogen and oxygen atoms in total. The zero-order valence-corrected chi connectivity index (χ0v) is 8.90. The number of rotatable bonds is 1. The first-order valence-corrected chi connectivity index (χ1v) is 5.47. The van der Waals surface area contributed by atoms with Crippen molar-refractivity contribution in [2.45, 2.75) is 12.3 Å². The molecule has 1 aromatic carbocycles. The van der Waals surface area contributed by atoms with Gasteiger partial charge in [-0.05, 0) is 30.5 Å². The van der Waals surface area contributed by atoms with Gasteiger partial charge in [0.25, 0.3) is 0 Å². The molecule has 0 aliphatic carbocycles. The third kappa shape index (κ3) is 1.35. The lowest BCUT2D eigenvalue weighted by Crippen LogP contribution is -2.08. The molecule has 1 saturated heterocycles. The molecule has 0 spiro atoms. The van der Waals surface area contributed by atoms with E-state index in [0.717, 1.165) is 13.1 Å². The average molecular weight is 201 g/mol. The minimum absolute atomic E-state index is 0.665. The van der Waals surface area contributed by atoms with E-state index in [9.17, 15) is 0 Å². The lowest BCUT2D eigenvalue weighted by atomic mass is 9.95. The van der Waals surface area contributed by atoms with Gasteiger partial charge in [-0.3, -0.25) is 4.68 Å². The first-order valence-electron chi connectivity index (χ1n) is 5.47. The van der Waals surface area contributed by atoms with Crippen molar-refractivity contribution in [3.63, 3.8) is 0 Å². The van der Waals surface area contributed by atoms with Crippen molar-refractivity contribution in [1.82, 2.24) is 15.1 Å². The van der Waals surface area contributed by atoms with Crippen molar-refractivity contribution in [2.24, 2.45) is 7.05 Å². The van der Waals surface area contributed by atoms with E-state index >= 15 is 0 Å². The predicted molar refractivity (Wildman–Crippen MR) is 60.9 cm³/mol. The first kappa shape index (κ1) is 8.92. The van der Waals surface area contributed by atoms with Gasteiger partial charge in [-0.15, -0.1) is 0 Å². The average Bonchev–Trinajstić information content (AvgIpc) is 2.88. The van der Waals surface area contributed by atoms with Crippen LogP contribution in [0.1, 0.15) is 17.9 Å². The Hall–Kier alpha value is -1.35. The van der Waals surface area contributed by atoms with E-state index in [1.165, 1.54) is 22.9 Å². The SMILES string of the molecule is Cn1ncc2c(C3CCNC3)cccc21. The molecule has 0 bridgehead atoms. The van der Waals surface area contributed by atoms with Crippen LogP contribution in [-0.4, -0.2) is 22.9 Å². The highest BCUT2D eigenvalue weighted by molar-refractivity contribution is 5.82. The van der Waals surface area contributed by atoms with Crippen LogP contribution in [0.15, 0.2) is 24.4 Å². The summed E-state index contributed by atoms with van der Waals surface area (Å²) in [4.78, 5) is 0. The number of fused-ring (bicyclic) bond motifs is 1. The molecule has 0 saturated carbocycles. The van der Waals surface area contributed by atoms with Crippen LogP contribution in [0, 0.1) is 0 Å². The molecule has 1 atom stereocenters. The molecule has 1 aliphatic rings. The normalized spacial score (nSPS) is 21.3. The van der Waals surface area contributed by atoms with E-state index in [2.05, 4.69) is 28.6 Å². The highest BCUT2D eigenvalue weighted by atomic mass is 15.2. The topological polar surface area (TPSA) is 29.9 Å². The minimum Gasteiger partial charge on any atom is -0.316 e. The van der Waals surface area contributed by atoms with E-state index in [4.69, 9.17) is 0 Å². The van der Waals surface area contributed by atoms with Crippen LogP contribution >= 0.6 is 0 Å². The quantitative estimate of drug-likeness (QED) is 0.760. The van der Waals surface area contributed by atoms with Gasteiger partial charge in [-0.2, -0.15) is 5.10 Å². The Morgan fingerprint density at radius 2 is 2.40 bits per heavy atom. The van der Waals surface area contributed by atoms with Crippen LogP contribution in [0.5, 0.6) is 0 Å². The summed E-state index contributed by atoms with van der Waals surface area (Å²) in [5.41, 5.74) is 2.69. The van der Waals surface area contributed by atoms with Crippen LogP contribution in [0.4, 0.5) is 0 Å². The van der Waals surface area contributed by atoms with Gasteiger partial charge in [0.2, 0.25) is 0 Å². The van der Waals surface area contributed by atoms with Crippen LogP contribution in [0.2, 0.25) is 0 Å². The van der Waals surface area contributed by atoms with E-state index in [-0.39, 0.29) is 0 Å². The van der Waals surface area contributed by atoms with Crippen LogP contribution in [0.3, 0.4) is 0 Å². The molecule has 78 valence electrons. The molecule has 2 heterocycles. The van der Waals surface area contributed by atoms with Gasteiger partial charge >= 0.3 is 0 Å². The molecule has 2 aromatic rings. The Balaban J connectivity index is 2.17. The lowest BCUT2D eigenvalue weighted by molar-refractivity contribution is 0.770. The highest BCUT2D eigenvalue weighted by Crippen LogP contribution is 2.28. The van der Waals surface area contributed by atoms with Gasteiger partial charge < -0.3 is 5.32 Å². The molecule has 15 heavy (non-hydrogen) atoms. The standard InChI is InChI=1S/C12H15N3/c1-15-12-4-2-3-10(11(12)8-14-15)9-5-6-13-7-9/h2-4,8-9,13H,5-7H2,1H3. The Bertz CT molecular complexity index is 481. The molecule has 0 radical (unpaired) electrons. The number of hydrogen-bond acceptors (Lipinski definition) is 2. The minimum atomic E-state index is 0.665. The number of benzene rings is 1. The number of hydrogen-bond donors (Lipinski definition) is 1. The summed E-state index contributed by atoms with van der Waals surface area (Å²) in [5, 5.41) is 9.05. The van der Waals surface area contributed by atoms with Crippen LogP contribution < -0.4 is 5.32 Å². The van der Waals surface area contributed by atoms with Gasteiger partial charge in [0.15, 0.2) is 0 Å². The van der Waals surface area contributed by atoms with Gasteiger partial charge in [-0.1, -0.05) is 12.1 Å². The van der Waals surface area contributed by atoms with Gasteiger partial charge in [0, 0.05) is 19.0 Å². The Morgan fingerprint density at radius 1 is 1.47 bits per heavy atom. The van der Waals surface area contributed by atoms with Crippen molar-refractivity contribution in [3.8, 4) is 0 Å². The molecular formula is C12H15N3. The zero-order chi connectivity index (χ0) is 10.3. The fourth-order valence-electron chi connectivity index (χ4n) is 2.48. The van der Waals surface area contributed by atoms with E-state index in [1.54, 1.807) is 0 Å². The van der Waals surface area contributed by atoms with Crippen molar-refractivity contribution in [1.29, 1.82) is 0 Å². The number of aromatic nitrogens is 2. The fourth-order valence-corrected chi connectivity index (χ4v) is 2.48. The summed E-state index contributed by atoms with van der Waals surface area (Å²) in [6.07, 6.45) is 3.23. The lowest BCUT2D eigenvalue weighted by Gasteiger charge is -2.09. The predicted octanol–water partition coefficient (Wildman–Crippen LogP) is 1.65. The molecule has 1 aliphatic heterocycles. The van der Waals surface area contributed by atoms with E-state index in [0.29, 0.717) is 5.92 Å². The summed E-state index contributed by atoms with van der Waals surface area (Å²) in [7, 11) is 2.00. The zero-order valence-electron chi connectivity index (χ0n) is 8.90. The van der Waals surface area contributed by atoms with Gasteiger partial charge in [0.05, 0.1) is 11.7 Å². The second kappa shape index (κ2) is 3.35. The maximum absolute atomic E-state index is 4.32. The monoisotopic (exact) mass is 201 g/mol. The van der Waals surface area contributed by atoms with Crippen molar-refractivity contribution >= 4 is 10.9 Å². The molecule has 0 amide bonds. The first-order chi connectivity index (χ1) is 7.36. The molecule has 1 N–H and O–H groups in total. The Labute approximate surface area is 89.1 Å². The van der Waals surface area contributed by atoms with E-state index in [1.807, 2.05) is 17.9 Å². The number of aryl methyl sites for hydroxylation is 1. The van der Waals surface area contributed by atoms with Gasteiger partial charge in [0.1, 0.15) is 0 Å². The second-order valence-corrected chi connectivity index (χ2v) is 4.24. The van der Waals surface area contributed by atoms with Crippen molar-refractivity contribution in [2.75, 3.05) is 13.1 Å². The maximum Gasteiger partial charge on any atom is 0.0681 e. The molecule has 1 unspecified atom stereocenters. The van der Waals surface area contributed by atoms with E-state index < -0.39 is 0 Å². The number of nitrogens with zero attached hydrogens (tertiary/aromatic N) is 2. The summed E-state index contributed by atoms with van der Waals surface area (Å²) >= 11 is 0. The summed E-state index contributed by atoms with van der Waals surface area (Å²) in [6.45, 7) is 2.25. The summed E-state index contributed by atoms with van der Waals surface area (Å²) in [5.74, 6) is 0.665. The molecule has 1 fully saturated rings. The van der Waals surface area contributed by atoms with Crippen LogP contribution in [0.25, 0.3) is 10.9 Å². The van der Waals surface area contributed by atoms with Gasteiger partial charge in [-0.25, -0.2) is 0 Å². The largest absolute Gasteiger partial charge is 0.316 e.